The summed E-state index contributed by atoms with van der Waals surface area (Å²) in [5.74, 6) is 0. The number of nitrogens with zero attached hydrogens (tertiary/aromatic N) is 2. The lowest BCUT2D eigenvalue weighted by atomic mass is 9.87. The van der Waals surface area contributed by atoms with Crippen LogP contribution in [-0.2, 0) is 0 Å². The largest absolute Gasteiger partial charge is 0.376 e. The minimum absolute atomic E-state index is 0.0508. The van der Waals surface area contributed by atoms with Crippen LogP contribution in [0.1, 0.15) is 12.8 Å². The molecule has 2 aromatic rings. The van der Waals surface area contributed by atoms with Gasteiger partial charge in [0.15, 0.2) is 0 Å². The molecule has 1 aromatic carbocycles. The Labute approximate surface area is 130 Å². The zero-order valence-corrected chi connectivity index (χ0v) is 13.0. The highest BCUT2D eigenvalue weighted by atomic mass is 35.5. The Kier molecular flexibility index (Phi) is 4.02. The predicted octanol–water partition coefficient (Wildman–Crippen LogP) is 2.72. The lowest BCUT2D eigenvalue weighted by molar-refractivity contribution is 0.209. The van der Waals surface area contributed by atoms with E-state index in [0.717, 1.165) is 47.5 Å². The number of halogens is 1. The number of nitrogens with one attached hydrogen (secondary N) is 1. The lowest BCUT2D eigenvalue weighted by Gasteiger charge is -2.41. The second kappa shape index (κ2) is 5.79. The van der Waals surface area contributed by atoms with Crippen LogP contribution in [0.2, 0.25) is 5.02 Å². The van der Waals surface area contributed by atoms with Gasteiger partial charge in [-0.2, -0.15) is 0 Å². The van der Waals surface area contributed by atoms with Crippen LogP contribution in [0.3, 0.4) is 0 Å². The average molecular weight is 305 g/mol. The molecule has 1 aliphatic heterocycles. The van der Waals surface area contributed by atoms with Gasteiger partial charge in [-0.05, 0) is 44.2 Å². The predicted molar refractivity (Wildman–Crippen MR) is 88.9 cm³/mol. The Hall–Kier alpha value is -1.36. The number of aromatic nitrogens is 1. The first-order valence-electron chi connectivity index (χ1n) is 7.34. The number of fused-ring (bicyclic) bond motifs is 1. The van der Waals surface area contributed by atoms with Gasteiger partial charge in [-0.15, -0.1) is 0 Å². The Balaban J connectivity index is 1.96. The van der Waals surface area contributed by atoms with Crippen LogP contribution in [0.25, 0.3) is 10.9 Å². The van der Waals surface area contributed by atoms with E-state index in [1.54, 1.807) is 6.20 Å². The second-order valence-corrected chi connectivity index (χ2v) is 6.31. The molecule has 1 fully saturated rings. The van der Waals surface area contributed by atoms with E-state index in [4.69, 9.17) is 17.3 Å². The van der Waals surface area contributed by atoms with Crippen LogP contribution in [0.4, 0.5) is 5.69 Å². The van der Waals surface area contributed by atoms with E-state index in [-0.39, 0.29) is 5.54 Å². The number of hydrogen-bond donors (Lipinski definition) is 2. The highest BCUT2D eigenvalue weighted by molar-refractivity contribution is 6.35. The first-order valence-corrected chi connectivity index (χ1v) is 7.71. The van der Waals surface area contributed by atoms with E-state index in [0.29, 0.717) is 6.54 Å². The van der Waals surface area contributed by atoms with Crippen molar-refractivity contribution in [1.82, 2.24) is 9.88 Å². The van der Waals surface area contributed by atoms with E-state index < -0.39 is 0 Å². The molecule has 5 heteroatoms. The number of benzene rings is 1. The molecule has 0 unspecified atom stereocenters. The van der Waals surface area contributed by atoms with Gasteiger partial charge in [0.25, 0.3) is 0 Å². The normalized spacial score (nSPS) is 18.8. The maximum atomic E-state index is 6.26. The Morgan fingerprint density at radius 2 is 2.10 bits per heavy atom. The maximum Gasteiger partial charge on any atom is 0.0948 e. The molecule has 0 spiro atoms. The number of likely N-dealkylation sites (tertiary alicyclic amines) is 1. The third kappa shape index (κ3) is 2.84. The fourth-order valence-electron chi connectivity index (χ4n) is 2.95. The van der Waals surface area contributed by atoms with Crippen molar-refractivity contribution in [3.05, 3.63) is 35.5 Å². The molecule has 0 bridgehead atoms. The van der Waals surface area contributed by atoms with Crippen molar-refractivity contribution in [2.24, 2.45) is 5.73 Å². The number of hydrogen-bond acceptors (Lipinski definition) is 4. The van der Waals surface area contributed by atoms with Crippen molar-refractivity contribution < 1.29 is 0 Å². The van der Waals surface area contributed by atoms with Crippen LogP contribution in [0.15, 0.2) is 30.5 Å². The summed E-state index contributed by atoms with van der Waals surface area (Å²) in [5.41, 5.74) is 7.96. The zero-order valence-electron chi connectivity index (χ0n) is 12.3. The maximum absolute atomic E-state index is 6.26. The molecule has 112 valence electrons. The van der Waals surface area contributed by atoms with Gasteiger partial charge in [-0.3, -0.25) is 4.98 Å². The number of nitrogens with two attached hydrogens (primary N) is 1. The van der Waals surface area contributed by atoms with Gasteiger partial charge in [0.05, 0.1) is 21.8 Å². The molecular formula is C16H21ClN4. The van der Waals surface area contributed by atoms with Crippen molar-refractivity contribution in [2.45, 2.75) is 18.4 Å². The molecule has 0 radical (unpaired) electrons. The molecule has 0 saturated carbocycles. The third-order valence-electron chi connectivity index (χ3n) is 4.45. The minimum atomic E-state index is -0.0508. The molecule has 0 aliphatic carbocycles. The van der Waals surface area contributed by atoms with Crippen LogP contribution >= 0.6 is 11.6 Å². The molecule has 1 aromatic heterocycles. The summed E-state index contributed by atoms with van der Waals surface area (Å²) in [6, 6.07) is 7.84. The molecule has 4 nitrogen and oxygen atoms in total. The highest BCUT2D eigenvalue weighted by Crippen LogP contribution is 2.32. The van der Waals surface area contributed by atoms with Crippen LogP contribution < -0.4 is 11.1 Å². The summed E-state index contributed by atoms with van der Waals surface area (Å²) in [7, 11) is 2.15. The zero-order chi connectivity index (χ0) is 14.9. The SMILES string of the molecule is CN1CCC(CN)(Nc2ccc(Cl)c3cccnc23)CC1. The molecule has 2 heterocycles. The van der Waals surface area contributed by atoms with Gasteiger partial charge in [-0.25, -0.2) is 0 Å². The van der Waals surface area contributed by atoms with E-state index >= 15 is 0 Å². The van der Waals surface area contributed by atoms with Crippen LogP contribution in [0.5, 0.6) is 0 Å². The summed E-state index contributed by atoms with van der Waals surface area (Å²) in [4.78, 5) is 6.83. The first-order chi connectivity index (χ1) is 10.1. The number of piperidine rings is 1. The monoisotopic (exact) mass is 304 g/mol. The van der Waals surface area contributed by atoms with E-state index in [1.165, 1.54) is 0 Å². The summed E-state index contributed by atoms with van der Waals surface area (Å²) in [6.07, 6.45) is 3.88. The van der Waals surface area contributed by atoms with Crippen molar-refractivity contribution in [2.75, 3.05) is 32.0 Å². The molecule has 1 aliphatic rings. The minimum Gasteiger partial charge on any atom is -0.376 e. The smallest absolute Gasteiger partial charge is 0.0948 e. The molecule has 1 saturated heterocycles. The fraction of sp³-hybridized carbons (Fsp3) is 0.438. The van der Waals surface area contributed by atoms with Crippen molar-refractivity contribution in [3.8, 4) is 0 Å². The number of pyridine rings is 1. The fourth-order valence-corrected chi connectivity index (χ4v) is 3.17. The van der Waals surface area contributed by atoms with Gasteiger partial charge in [-0.1, -0.05) is 11.6 Å². The standard InChI is InChI=1S/C16H21ClN4/c1-21-9-6-16(11-18,7-10-21)20-14-5-4-13(17)12-3-2-8-19-15(12)14/h2-5,8,20H,6-7,9-11,18H2,1H3. The summed E-state index contributed by atoms with van der Waals surface area (Å²) in [5, 5.41) is 5.37. The topological polar surface area (TPSA) is 54.2 Å². The lowest BCUT2D eigenvalue weighted by Crippen LogP contribution is -2.53. The third-order valence-corrected chi connectivity index (χ3v) is 4.78. The Morgan fingerprint density at radius 3 is 2.81 bits per heavy atom. The second-order valence-electron chi connectivity index (χ2n) is 5.91. The number of rotatable bonds is 3. The van der Waals surface area contributed by atoms with E-state index in [1.807, 2.05) is 24.3 Å². The van der Waals surface area contributed by atoms with Gasteiger partial charge < -0.3 is 16.0 Å². The summed E-state index contributed by atoms with van der Waals surface area (Å²) in [6.45, 7) is 2.74. The molecule has 3 rings (SSSR count). The quantitative estimate of drug-likeness (QED) is 0.915. The summed E-state index contributed by atoms with van der Waals surface area (Å²) < 4.78 is 0. The van der Waals surface area contributed by atoms with Gasteiger partial charge >= 0.3 is 0 Å². The summed E-state index contributed by atoms with van der Waals surface area (Å²) >= 11 is 6.26. The average Bonchev–Trinajstić information content (AvgIpc) is 2.53. The van der Waals surface area contributed by atoms with Crippen LogP contribution in [-0.4, -0.2) is 42.1 Å². The van der Waals surface area contributed by atoms with Gasteiger partial charge in [0.2, 0.25) is 0 Å². The van der Waals surface area contributed by atoms with Crippen molar-refractivity contribution in [3.63, 3.8) is 0 Å². The highest BCUT2D eigenvalue weighted by Gasteiger charge is 2.32. The first kappa shape index (κ1) is 14.6. The Morgan fingerprint density at radius 1 is 1.33 bits per heavy atom. The molecule has 21 heavy (non-hydrogen) atoms. The van der Waals surface area contributed by atoms with Gasteiger partial charge in [0, 0.05) is 31.2 Å². The van der Waals surface area contributed by atoms with Crippen molar-refractivity contribution in [1.29, 1.82) is 0 Å². The molecule has 3 N–H and O–H groups in total. The van der Waals surface area contributed by atoms with Crippen LogP contribution in [0, 0.1) is 0 Å². The van der Waals surface area contributed by atoms with E-state index in [2.05, 4.69) is 22.2 Å². The number of anilines is 1. The molecule has 0 amide bonds. The van der Waals surface area contributed by atoms with E-state index in [9.17, 15) is 0 Å². The Bertz CT molecular complexity index is 635. The molecular weight excluding hydrogens is 284 g/mol. The van der Waals surface area contributed by atoms with Gasteiger partial charge in [0.1, 0.15) is 0 Å². The molecule has 0 atom stereocenters. The van der Waals surface area contributed by atoms with Crippen molar-refractivity contribution >= 4 is 28.2 Å².